The van der Waals surface area contributed by atoms with Crippen LogP contribution in [0.25, 0.3) is 0 Å². The molecule has 78 valence electrons. The lowest BCUT2D eigenvalue weighted by molar-refractivity contribution is -0.118. The van der Waals surface area contributed by atoms with Crippen LogP contribution < -0.4 is 0 Å². The van der Waals surface area contributed by atoms with Crippen molar-refractivity contribution < 1.29 is 4.79 Å². The molecule has 2 nitrogen and oxygen atoms in total. The van der Waals surface area contributed by atoms with Crippen molar-refractivity contribution in [1.29, 1.82) is 5.41 Å². The molecule has 15 heavy (non-hydrogen) atoms. The van der Waals surface area contributed by atoms with Gasteiger partial charge in [0.2, 0.25) is 0 Å². The molecule has 0 amide bonds. The van der Waals surface area contributed by atoms with E-state index in [-0.39, 0.29) is 5.92 Å². The Morgan fingerprint density at radius 3 is 2.47 bits per heavy atom. The number of rotatable bonds is 2. The van der Waals surface area contributed by atoms with Crippen LogP contribution in [0.4, 0.5) is 0 Å². The van der Waals surface area contributed by atoms with Crippen LogP contribution in [0.15, 0.2) is 24.3 Å². The Hall–Kier alpha value is -1.44. The zero-order valence-corrected chi connectivity index (χ0v) is 8.92. The summed E-state index contributed by atoms with van der Waals surface area (Å²) in [6.45, 7) is 1.77. The molecule has 1 N–H and O–H groups in total. The maximum Gasteiger partial charge on any atom is 0.140 e. The van der Waals surface area contributed by atoms with E-state index in [4.69, 9.17) is 5.41 Å². The molecule has 1 aliphatic carbocycles. The highest BCUT2D eigenvalue weighted by molar-refractivity contribution is 5.96. The van der Waals surface area contributed by atoms with Crippen LogP contribution in [0.3, 0.4) is 0 Å². The zero-order chi connectivity index (χ0) is 10.8. The Bertz CT molecular complexity index is 392. The summed E-state index contributed by atoms with van der Waals surface area (Å²) in [5.41, 5.74) is 2.62. The SMILES string of the molecule is CC(=N)c1ccc(C2CCCC2=O)cc1. The minimum Gasteiger partial charge on any atom is -0.305 e. The molecule has 0 saturated heterocycles. The highest BCUT2D eigenvalue weighted by atomic mass is 16.1. The Labute approximate surface area is 89.8 Å². The predicted molar refractivity (Wildman–Crippen MR) is 60.5 cm³/mol. The van der Waals surface area contributed by atoms with Crippen LogP contribution in [-0.2, 0) is 4.79 Å². The normalized spacial score (nSPS) is 20.6. The molecule has 1 aromatic carbocycles. The van der Waals surface area contributed by atoms with Gasteiger partial charge in [0.05, 0.1) is 0 Å². The van der Waals surface area contributed by atoms with Crippen molar-refractivity contribution >= 4 is 11.5 Å². The molecule has 1 fully saturated rings. The van der Waals surface area contributed by atoms with Crippen LogP contribution >= 0.6 is 0 Å². The van der Waals surface area contributed by atoms with Gasteiger partial charge in [-0.25, -0.2) is 0 Å². The minimum absolute atomic E-state index is 0.116. The first-order chi connectivity index (χ1) is 7.18. The fourth-order valence-corrected chi connectivity index (χ4v) is 2.13. The molecule has 0 heterocycles. The lowest BCUT2D eigenvalue weighted by Crippen LogP contribution is -2.04. The Kier molecular flexibility index (Phi) is 2.67. The zero-order valence-electron chi connectivity index (χ0n) is 8.92. The van der Waals surface area contributed by atoms with Gasteiger partial charge in [-0.3, -0.25) is 4.79 Å². The second-order valence-corrected chi connectivity index (χ2v) is 4.16. The topological polar surface area (TPSA) is 40.9 Å². The van der Waals surface area contributed by atoms with E-state index in [1.165, 1.54) is 0 Å². The first kappa shape index (κ1) is 10.1. The highest BCUT2D eigenvalue weighted by Crippen LogP contribution is 2.31. The molecule has 0 aromatic heterocycles. The fraction of sp³-hybridized carbons (Fsp3) is 0.385. The molecule has 2 heteroatoms. The summed E-state index contributed by atoms with van der Waals surface area (Å²) in [6.07, 6.45) is 2.74. The third kappa shape index (κ3) is 1.99. The van der Waals surface area contributed by atoms with Crippen LogP contribution in [0.1, 0.15) is 43.2 Å². The van der Waals surface area contributed by atoms with Crippen molar-refractivity contribution in [2.45, 2.75) is 32.1 Å². The fourth-order valence-electron chi connectivity index (χ4n) is 2.13. The molecule has 0 radical (unpaired) electrons. The molecule has 1 unspecified atom stereocenters. The monoisotopic (exact) mass is 201 g/mol. The Morgan fingerprint density at radius 1 is 1.33 bits per heavy atom. The van der Waals surface area contributed by atoms with Crippen molar-refractivity contribution in [3.8, 4) is 0 Å². The molecule has 0 bridgehead atoms. The summed E-state index contributed by atoms with van der Waals surface area (Å²) in [6, 6.07) is 7.84. The van der Waals surface area contributed by atoms with Gasteiger partial charge in [-0.2, -0.15) is 0 Å². The van der Waals surface area contributed by atoms with E-state index in [9.17, 15) is 4.79 Å². The summed E-state index contributed by atoms with van der Waals surface area (Å²) in [7, 11) is 0. The lowest BCUT2D eigenvalue weighted by Gasteiger charge is -2.08. The predicted octanol–water partition coefficient (Wildman–Crippen LogP) is 2.91. The number of carbonyl (C=O) groups is 1. The minimum atomic E-state index is 0.116. The molecule has 1 aromatic rings. The molecule has 0 spiro atoms. The Balaban J connectivity index is 2.23. The summed E-state index contributed by atoms with van der Waals surface area (Å²) in [4.78, 5) is 11.6. The van der Waals surface area contributed by atoms with E-state index in [2.05, 4.69) is 0 Å². The summed E-state index contributed by atoms with van der Waals surface area (Å²) < 4.78 is 0. The van der Waals surface area contributed by atoms with E-state index < -0.39 is 0 Å². The third-order valence-electron chi connectivity index (χ3n) is 3.05. The maximum atomic E-state index is 11.6. The average Bonchev–Trinajstić information content (AvgIpc) is 2.65. The molecule has 2 rings (SSSR count). The standard InChI is InChI=1S/C13H15NO/c1-9(14)10-5-7-11(8-6-10)12-3-2-4-13(12)15/h5-8,12,14H,2-4H2,1H3. The smallest absolute Gasteiger partial charge is 0.140 e. The summed E-state index contributed by atoms with van der Waals surface area (Å²) in [5.74, 6) is 0.486. The van der Waals surface area contributed by atoms with Gasteiger partial charge in [0.15, 0.2) is 0 Å². The highest BCUT2D eigenvalue weighted by Gasteiger charge is 2.25. The van der Waals surface area contributed by atoms with Crippen molar-refractivity contribution in [2.75, 3.05) is 0 Å². The number of benzene rings is 1. The number of carbonyl (C=O) groups excluding carboxylic acids is 1. The van der Waals surface area contributed by atoms with Crippen molar-refractivity contribution in [3.05, 3.63) is 35.4 Å². The second kappa shape index (κ2) is 3.97. The van der Waals surface area contributed by atoms with Gasteiger partial charge in [0.25, 0.3) is 0 Å². The number of Topliss-reactive ketones (excluding diaryl/α,β-unsaturated/α-hetero) is 1. The number of nitrogens with one attached hydrogen (secondary N) is 1. The lowest BCUT2D eigenvalue weighted by atomic mass is 9.95. The molecular formula is C13H15NO. The number of ketones is 1. The van der Waals surface area contributed by atoms with Crippen LogP contribution in [-0.4, -0.2) is 11.5 Å². The van der Waals surface area contributed by atoms with Gasteiger partial charge in [-0.05, 0) is 30.9 Å². The molecule has 1 aliphatic rings. The van der Waals surface area contributed by atoms with E-state index in [0.29, 0.717) is 11.5 Å². The molecule has 1 saturated carbocycles. The Morgan fingerprint density at radius 2 is 2.00 bits per heavy atom. The third-order valence-corrected chi connectivity index (χ3v) is 3.05. The maximum absolute atomic E-state index is 11.6. The van der Waals surface area contributed by atoms with Gasteiger partial charge in [-0.1, -0.05) is 24.3 Å². The van der Waals surface area contributed by atoms with E-state index >= 15 is 0 Å². The first-order valence-electron chi connectivity index (χ1n) is 5.36. The van der Waals surface area contributed by atoms with Crippen molar-refractivity contribution in [1.82, 2.24) is 0 Å². The van der Waals surface area contributed by atoms with Crippen molar-refractivity contribution in [2.24, 2.45) is 0 Å². The van der Waals surface area contributed by atoms with E-state index in [1.807, 2.05) is 24.3 Å². The molecule has 1 atom stereocenters. The molecule has 0 aliphatic heterocycles. The largest absolute Gasteiger partial charge is 0.305 e. The first-order valence-corrected chi connectivity index (χ1v) is 5.36. The quantitative estimate of drug-likeness (QED) is 0.734. The summed E-state index contributed by atoms with van der Waals surface area (Å²) >= 11 is 0. The average molecular weight is 201 g/mol. The van der Waals surface area contributed by atoms with Gasteiger partial charge in [0.1, 0.15) is 5.78 Å². The number of hydrogen-bond donors (Lipinski definition) is 1. The number of hydrogen-bond acceptors (Lipinski definition) is 2. The van der Waals surface area contributed by atoms with Crippen LogP contribution in [0.5, 0.6) is 0 Å². The van der Waals surface area contributed by atoms with E-state index in [0.717, 1.165) is 30.4 Å². The second-order valence-electron chi connectivity index (χ2n) is 4.16. The van der Waals surface area contributed by atoms with E-state index in [1.54, 1.807) is 6.92 Å². The summed E-state index contributed by atoms with van der Waals surface area (Å²) in [5, 5.41) is 7.49. The van der Waals surface area contributed by atoms with Gasteiger partial charge >= 0.3 is 0 Å². The van der Waals surface area contributed by atoms with Crippen molar-refractivity contribution in [3.63, 3.8) is 0 Å². The molecular weight excluding hydrogens is 186 g/mol. The van der Waals surface area contributed by atoms with Gasteiger partial charge in [-0.15, -0.1) is 0 Å². The van der Waals surface area contributed by atoms with Crippen LogP contribution in [0, 0.1) is 5.41 Å². The van der Waals surface area contributed by atoms with Gasteiger partial charge in [0, 0.05) is 18.1 Å². The van der Waals surface area contributed by atoms with Crippen LogP contribution in [0.2, 0.25) is 0 Å². The van der Waals surface area contributed by atoms with Gasteiger partial charge < -0.3 is 5.41 Å².